The number of imidazole rings is 1. The number of carbonyl (C=O) groups excluding carboxylic acids is 1. The molecular formula is C12H12N4O3. The average molecular weight is 260 g/mol. The maximum absolute atomic E-state index is 12.0. The first-order valence-electron chi connectivity index (χ1n) is 5.57. The minimum absolute atomic E-state index is 0.168. The molecule has 0 aliphatic carbocycles. The average Bonchev–Trinajstić information content (AvgIpc) is 2.92. The molecule has 2 aromatic rings. The molecule has 0 aromatic carbocycles. The first kappa shape index (κ1) is 12.7. The Bertz CT molecular complexity index is 595. The van der Waals surface area contributed by atoms with E-state index < -0.39 is 5.97 Å². The Balaban J connectivity index is 2.12. The molecule has 0 aliphatic rings. The highest BCUT2D eigenvalue weighted by Gasteiger charge is 2.14. The van der Waals surface area contributed by atoms with Crippen molar-refractivity contribution >= 4 is 11.9 Å². The van der Waals surface area contributed by atoms with Gasteiger partial charge in [0.1, 0.15) is 11.5 Å². The summed E-state index contributed by atoms with van der Waals surface area (Å²) in [6.45, 7) is 1.77. The van der Waals surface area contributed by atoms with Crippen LogP contribution in [-0.2, 0) is 0 Å². The van der Waals surface area contributed by atoms with Gasteiger partial charge in [0.2, 0.25) is 0 Å². The Hall–Kier alpha value is -2.70. The van der Waals surface area contributed by atoms with Crippen LogP contribution in [0.1, 0.15) is 39.6 Å². The second-order valence-corrected chi connectivity index (χ2v) is 3.90. The lowest BCUT2D eigenvalue weighted by Crippen LogP contribution is -2.27. The summed E-state index contributed by atoms with van der Waals surface area (Å²) in [5, 5.41) is 11.5. The molecule has 1 unspecified atom stereocenters. The van der Waals surface area contributed by atoms with Gasteiger partial charge in [-0.25, -0.2) is 14.8 Å². The number of amides is 1. The molecule has 98 valence electrons. The second-order valence-electron chi connectivity index (χ2n) is 3.90. The molecule has 2 heterocycles. The Labute approximate surface area is 108 Å². The number of nitrogens with one attached hydrogen (secondary N) is 2. The maximum atomic E-state index is 12.0. The fraction of sp³-hybridized carbons (Fsp3) is 0.167. The summed E-state index contributed by atoms with van der Waals surface area (Å²) in [7, 11) is 0. The molecule has 7 heteroatoms. The van der Waals surface area contributed by atoms with Crippen LogP contribution in [0, 0.1) is 0 Å². The number of rotatable bonds is 4. The van der Waals surface area contributed by atoms with Gasteiger partial charge in [-0.1, -0.05) is 0 Å². The minimum Gasteiger partial charge on any atom is -0.477 e. The Morgan fingerprint density at radius 3 is 2.79 bits per heavy atom. The van der Waals surface area contributed by atoms with Gasteiger partial charge in [0, 0.05) is 24.2 Å². The monoisotopic (exact) mass is 260 g/mol. The number of pyridine rings is 1. The molecule has 0 saturated carbocycles. The molecule has 3 N–H and O–H groups in total. The topological polar surface area (TPSA) is 108 Å². The van der Waals surface area contributed by atoms with E-state index in [9.17, 15) is 9.59 Å². The molecule has 19 heavy (non-hydrogen) atoms. The van der Waals surface area contributed by atoms with Gasteiger partial charge in [-0.05, 0) is 19.1 Å². The molecule has 7 nitrogen and oxygen atoms in total. The third-order valence-electron chi connectivity index (χ3n) is 2.52. The van der Waals surface area contributed by atoms with Gasteiger partial charge in [-0.15, -0.1) is 0 Å². The predicted octanol–water partition coefficient (Wildman–Crippen LogP) is 0.994. The first-order chi connectivity index (χ1) is 9.08. The van der Waals surface area contributed by atoms with Crippen LogP contribution >= 0.6 is 0 Å². The number of H-pyrrole nitrogens is 1. The van der Waals surface area contributed by atoms with E-state index >= 15 is 0 Å². The molecule has 2 rings (SSSR count). The molecule has 0 bridgehead atoms. The fourth-order valence-electron chi connectivity index (χ4n) is 1.55. The van der Waals surface area contributed by atoms with Crippen LogP contribution in [0.4, 0.5) is 0 Å². The molecule has 0 saturated heterocycles. The zero-order valence-corrected chi connectivity index (χ0v) is 10.1. The van der Waals surface area contributed by atoms with Crippen molar-refractivity contribution in [2.24, 2.45) is 0 Å². The summed E-state index contributed by atoms with van der Waals surface area (Å²) in [5.41, 5.74) is 0.0732. The molecular weight excluding hydrogens is 248 g/mol. The van der Waals surface area contributed by atoms with Crippen molar-refractivity contribution < 1.29 is 14.7 Å². The van der Waals surface area contributed by atoms with E-state index in [2.05, 4.69) is 20.3 Å². The Kier molecular flexibility index (Phi) is 3.56. The lowest BCUT2D eigenvalue weighted by Gasteiger charge is -2.11. The van der Waals surface area contributed by atoms with Crippen molar-refractivity contribution in [3.05, 3.63) is 47.8 Å². The van der Waals surface area contributed by atoms with Gasteiger partial charge < -0.3 is 15.4 Å². The van der Waals surface area contributed by atoms with Crippen molar-refractivity contribution in [3.63, 3.8) is 0 Å². The smallest absolute Gasteiger partial charge is 0.354 e. The number of aromatic carboxylic acids is 1. The number of carboxylic acid groups (broad SMARTS) is 1. The van der Waals surface area contributed by atoms with Crippen molar-refractivity contribution in [3.8, 4) is 0 Å². The highest BCUT2D eigenvalue weighted by atomic mass is 16.4. The number of nitrogens with zero attached hydrogens (tertiary/aromatic N) is 2. The molecule has 0 spiro atoms. The quantitative estimate of drug-likeness (QED) is 0.759. The fourth-order valence-corrected chi connectivity index (χ4v) is 1.55. The standard InChI is InChI=1S/C12H12N4O3/c1-7(10-14-4-5-15-10)16-11(17)8-2-3-13-9(6-8)12(18)19/h2-7H,1H3,(H,14,15)(H,16,17)(H,18,19). The number of carboxylic acids is 1. The van der Waals surface area contributed by atoms with Crippen molar-refractivity contribution in [2.45, 2.75) is 13.0 Å². The van der Waals surface area contributed by atoms with Gasteiger partial charge in [-0.2, -0.15) is 0 Å². The van der Waals surface area contributed by atoms with Crippen LogP contribution in [0.25, 0.3) is 0 Å². The minimum atomic E-state index is -1.17. The van der Waals surface area contributed by atoms with Crippen LogP contribution in [0.15, 0.2) is 30.7 Å². The van der Waals surface area contributed by atoms with E-state index in [4.69, 9.17) is 5.11 Å². The van der Waals surface area contributed by atoms with Gasteiger partial charge in [0.25, 0.3) is 5.91 Å². The van der Waals surface area contributed by atoms with E-state index in [1.54, 1.807) is 19.3 Å². The Morgan fingerprint density at radius 1 is 1.37 bits per heavy atom. The van der Waals surface area contributed by atoms with E-state index in [-0.39, 0.29) is 23.2 Å². The second kappa shape index (κ2) is 5.30. The SMILES string of the molecule is CC(NC(=O)c1ccnc(C(=O)O)c1)c1ncc[nH]1. The highest BCUT2D eigenvalue weighted by Crippen LogP contribution is 2.08. The van der Waals surface area contributed by atoms with E-state index in [0.717, 1.165) is 0 Å². The van der Waals surface area contributed by atoms with Gasteiger partial charge >= 0.3 is 5.97 Å². The molecule has 1 atom stereocenters. The number of aromatic nitrogens is 3. The Morgan fingerprint density at radius 2 is 2.16 bits per heavy atom. The maximum Gasteiger partial charge on any atom is 0.354 e. The number of carbonyl (C=O) groups is 2. The third kappa shape index (κ3) is 2.95. The van der Waals surface area contributed by atoms with Crippen LogP contribution < -0.4 is 5.32 Å². The summed E-state index contributed by atoms with van der Waals surface area (Å²) in [6, 6.07) is 2.38. The van der Waals surface area contributed by atoms with Gasteiger partial charge in [-0.3, -0.25) is 4.79 Å². The van der Waals surface area contributed by atoms with Gasteiger partial charge in [0.15, 0.2) is 0 Å². The molecule has 2 aromatic heterocycles. The lowest BCUT2D eigenvalue weighted by molar-refractivity contribution is 0.0690. The number of aromatic amines is 1. The molecule has 0 aliphatic heterocycles. The highest BCUT2D eigenvalue weighted by molar-refractivity contribution is 5.96. The third-order valence-corrected chi connectivity index (χ3v) is 2.52. The first-order valence-corrected chi connectivity index (χ1v) is 5.57. The van der Waals surface area contributed by atoms with Gasteiger partial charge in [0.05, 0.1) is 6.04 Å². The molecule has 0 fully saturated rings. The summed E-state index contributed by atoms with van der Waals surface area (Å²) < 4.78 is 0. The predicted molar refractivity (Wildman–Crippen MR) is 65.7 cm³/mol. The summed E-state index contributed by atoms with van der Waals surface area (Å²) >= 11 is 0. The zero-order chi connectivity index (χ0) is 13.8. The summed E-state index contributed by atoms with van der Waals surface area (Å²) in [6.07, 6.45) is 4.54. The van der Waals surface area contributed by atoms with Crippen molar-refractivity contribution in [1.82, 2.24) is 20.3 Å². The van der Waals surface area contributed by atoms with Crippen molar-refractivity contribution in [1.29, 1.82) is 0 Å². The summed E-state index contributed by atoms with van der Waals surface area (Å²) in [4.78, 5) is 33.3. The molecule has 1 amide bonds. The molecule has 0 radical (unpaired) electrons. The van der Waals surface area contributed by atoms with Crippen LogP contribution in [-0.4, -0.2) is 31.9 Å². The normalized spacial score (nSPS) is 11.8. The largest absolute Gasteiger partial charge is 0.477 e. The van der Waals surface area contributed by atoms with Crippen LogP contribution in [0.3, 0.4) is 0 Å². The van der Waals surface area contributed by atoms with Crippen LogP contribution in [0.2, 0.25) is 0 Å². The lowest BCUT2D eigenvalue weighted by atomic mass is 10.2. The van der Waals surface area contributed by atoms with Crippen LogP contribution in [0.5, 0.6) is 0 Å². The number of hydrogen-bond donors (Lipinski definition) is 3. The van der Waals surface area contributed by atoms with Crippen molar-refractivity contribution in [2.75, 3.05) is 0 Å². The van der Waals surface area contributed by atoms with E-state index in [1.807, 2.05) is 0 Å². The van der Waals surface area contributed by atoms with E-state index in [0.29, 0.717) is 5.82 Å². The zero-order valence-electron chi connectivity index (χ0n) is 10.1. The van der Waals surface area contributed by atoms with E-state index in [1.165, 1.54) is 18.3 Å². The summed E-state index contributed by atoms with van der Waals surface area (Å²) in [5.74, 6) is -0.927. The number of hydrogen-bond acceptors (Lipinski definition) is 4.